The van der Waals surface area contributed by atoms with E-state index in [-0.39, 0.29) is 12.5 Å². The number of hydrogen-bond donors (Lipinski definition) is 3. The molecule has 0 aliphatic rings. The summed E-state index contributed by atoms with van der Waals surface area (Å²) in [5.74, 6) is 4.51. The van der Waals surface area contributed by atoms with Gasteiger partial charge in [0.05, 0.1) is 85.5 Å². The Balaban J connectivity index is 1.74. The molecule has 14 nitrogen and oxygen atoms in total. The van der Waals surface area contributed by atoms with Crippen molar-refractivity contribution < 1.29 is 38.1 Å². The predicted molar refractivity (Wildman–Crippen MR) is 130 cm³/mol. The number of aromatic nitrogens is 3. The molecule has 0 aromatic carbocycles. The molecule has 0 fully saturated rings. The molecule has 5 N–H and O–H groups in total. The molecule has 14 heteroatoms. The van der Waals surface area contributed by atoms with Crippen LogP contribution in [0.2, 0.25) is 0 Å². The van der Waals surface area contributed by atoms with Gasteiger partial charge in [0.15, 0.2) is 0 Å². The van der Waals surface area contributed by atoms with Crippen LogP contribution in [-0.2, 0) is 51.2 Å². The second kappa shape index (κ2) is 24.9. The number of aryl methyl sites for hydroxylation is 1. The van der Waals surface area contributed by atoms with Crippen molar-refractivity contribution in [2.45, 2.75) is 32.4 Å². The first-order valence-electron chi connectivity index (χ1n) is 12.4. The van der Waals surface area contributed by atoms with Crippen LogP contribution >= 0.6 is 0 Å². The third-order valence-electron chi connectivity index (χ3n) is 4.57. The van der Waals surface area contributed by atoms with E-state index in [9.17, 15) is 4.79 Å². The van der Waals surface area contributed by atoms with Crippen molar-refractivity contribution in [2.24, 2.45) is 11.6 Å². The molecule has 0 unspecified atom stereocenters. The summed E-state index contributed by atoms with van der Waals surface area (Å²) in [7, 11) is 0. The minimum atomic E-state index is -0.282. The van der Waals surface area contributed by atoms with Crippen LogP contribution in [0, 0.1) is 0 Å². The highest BCUT2D eigenvalue weighted by molar-refractivity contribution is 5.77. The maximum atomic E-state index is 11.1. The standard InChI is InChI=1S/C22H44N6O8/c23-4-2-1-3-6-28-18-21(26-27-28)19-35-17-16-34-15-14-33-13-12-32-11-10-31-9-8-30-7-5-25-22(29)20-36-24/h18H,1-17,19-20,23-24H2,(H,25,29). The molecule has 1 heterocycles. The molecule has 1 rings (SSSR count). The van der Waals surface area contributed by atoms with E-state index in [2.05, 4.69) is 20.5 Å². The lowest BCUT2D eigenvalue weighted by Gasteiger charge is -2.08. The van der Waals surface area contributed by atoms with Gasteiger partial charge in [0.25, 0.3) is 0 Å². The highest BCUT2D eigenvalue weighted by Gasteiger charge is 2.01. The zero-order valence-electron chi connectivity index (χ0n) is 21.3. The van der Waals surface area contributed by atoms with Crippen molar-refractivity contribution in [3.63, 3.8) is 0 Å². The maximum absolute atomic E-state index is 11.1. The summed E-state index contributed by atoms with van der Waals surface area (Å²) in [6.07, 6.45) is 5.09. The van der Waals surface area contributed by atoms with Crippen molar-refractivity contribution in [1.82, 2.24) is 20.3 Å². The van der Waals surface area contributed by atoms with Gasteiger partial charge >= 0.3 is 0 Å². The van der Waals surface area contributed by atoms with E-state index in [4.69, 9.17) is 40.1 Å². The van der Waals surface area contributed by atoms with Gasteiger partial charge in [-0.15, -0.1) is 5.10 Å². The number of nitrogens with zero attached hydrogens (tertiary/aromatic N) is 3. The Labute approximate surface area is 213 Å². The fraction of sp³-hybridized carbons (Fsp3) is 0.864. The third kappa shape index (κ3) is 20.4. The van der Waals surface area contributed by atoms with Crippen molar-refractivity contribution in [2.75, 3.05) is 92.4 Å². The number of amides is 1. The van der Waals surface area contributed by atoms with Crippen LogP contribution in [0.5, 0.6) is 0 Å². The predicted octanol–water partition coefficient (Wildman–Crippen LogP) is -0.987. The Hall–Kier alpha value is -1.75. The van der Waals surface area contributed by atoms with Crippen LogP contribution < -0.4 is 16.9 Å². The average Bonchev–Trinajstić information content (AvgIpc) is 3.33. The molecule has 1 aromatic rings. The topological polar surface area (TPSA) is 176 Å². The number of nitrogens with two attached hydrogens (primary N) is 2. The number of carbonyl (C=O) groups is 1. The minimum absolute atomic E-state index is 0.165. The number of ether oxygens (including phenoxy) is 6. The number of unbranched alkanes of at least 4 members (excludes halogenated alkanes) is 2. The molecular formula is C22H44N6O8. The Bertz CT molecular complexity index is 625. The summed E-state index contributed by atoms with van der Waals surface area (Å²) >= 11 is 0. The smallest absolute Gasteiger partial charge is 0.248 e. The van der Waals surface area contributed by atoms with Crippen LogP contribution in [0.1, 0.15) is 25.0 Å². The van der Waals surface area contributed by atoms with Gasteiger partial charge in [-0.1, -0.05) is 11.6 Å². The average molecular weight is 521 g/mol. The number of hydrogen-bond acceptors (Lipinski definition) is 12. The summed E-state index contributed by atoms with van der Waals surface area (Å²) < 4.78 is 34.4. The lowest BCUT2D eigenvalue weighted by atomic mass is 10.2. The SMILES string of the molecule is NCCCCCn1cc(COCCOCCOCCOCCOCCOCCNC(=O)CON)nn1. The first-order valence-corrected chi connectivity index (χ1v) is 12.4. The van der Waals surface area contributed by atoms with Gasteiger partial charge in [-0.2, -0.15) is 0 Å². The second-order valence-electron chi connectivity index (χ2n) is 7.60. The molecule has 0 spiro atoms. The summed E-state index contributed by atoms with van der Waals surface area (Å²) in [4.78, 5) is 15.3. The maximum Gasteiger partial charge on any atom is 0.248 e. The Morgan fingerprint density at radius 3 is 1.92 bits per heavy atom. The van der Waals surface area contributed by atoms with Crippen LogP contribution in [0.4, 0.5) is 0 Å². The Morgan fingerprint density at radius 1 is 0.806 bits per heavy atom. The zero-order chi connectivity index (χ0) is 25.9. The molecule has 0 aliphatic heterocycles. The van der Waals surface area contributed by atoms with Crippen LogP contribution in [-0.4, -0.2) is 113 Å². The lowest BCUT2D eigenvalue weighted by molar-refractivity contribution is -0.126. The van der Waals surface area contributed by atoms with Gasteiger partial charge in [0, 0.05) is 13.1 Å². The van der Waals surface area contributed by atoms with Gasteiger partial charge in [0.2, 0.25) is 5.91 Å². The van der Waals surface area contributed by atoms with E-state index >= 15 is 0 Å². The van der Waals surface area contributed by atoms with E-state index in [0.717, 1.165) is 38.0 Å². The van der Waals surface area contributed by atoms with Gasteiger partial charge < -0.3 is 39.5 Å². The molecular weight excluding hydrogens is 476 g/mol. The molecule has 0 aliphatic carbocycles. The summed E-state index contributed by atoms with van der Waals surface area (Å²) in [6.45, 7) is 7.42. The minimum Gasteiger partial charge on any atom is -0.377 e. The Kier molecular flexibility index (Phi) is 22.3. The highest BCUT2D eigenvalue weighted by Crippen LogP contribution is 2.00. The summed E-state index contributed by atoms with van der Waals surface area (Å²) in [5.41, 5.74) is 6.30. The van der Waals surface area contributed by atoms with E-state index in [1.165, 1.54) is 0 Å². The van der Waals surface area contributed by atoms with Crippen molar-refractivity contribution >= 4 is 5.91 Å². The van der Waals surface area contributed by atoms with Gasteiger partial charge in [-0.05, 0) is 19.4 Å². The Morgan fingerprint density at radius 2 is 1.36 bits per heavy atom. The first-order chi connectivity index (χ1) is 17.8. The molecule has 0 atom stereocenters. The molecule has 0 radical (unpaired) electrons. The molecule has 0 bridgehead atoms. The normalized spacial score (nSPS) is 11.3. The first kappa shape index (κ1) is 32.3. The largest absolute Gasteiger partial charge is 0.377 e. The molecule has 36 heavy (non-hydrogen) atoms. The van der Waals surface area contributed by atoms with Crippen LogP contribution in [0.15, 0.2) is 6.20 Å². The fourth-order valence-corrected chi connectivity index (χ4v) is 2.77. The summed E-state index contributed by atoms with van der Waals surface area (Å²) in [6, 6.07) is 0. The third-order valence-corrected chi connectivity index (χ3v) is 4.57. The second-order valence-corrected chi connectivity index (χ2v) is 7.60. The van der Waals surface area contributed by atoms with Crippen molar-refractivity contribution in [3.8, 4) is 0 Å². The number of nitrogens with one attached hydrogen (secondary N) is 1. The molecule has 0 saturated carbocycles. The summed E-state index contributed by atoms with van der Waals surface area (Å²) in [5, 5.41) is 10.8. The van der Waals surface area contributed by atoms with E-state index in [1.807, 2.05) is 10.9 Å². The van der Waals surface area contributed by atoms with Crippen LogP contribution in [0.3, 0.4) is 0 Å². The molecule has 0 saturated heterocycles. The fourth-order valence-electron chi connectivity index (χ4n) is 2.77. The highest BCUT2D eigenvalue weighted by atomic mass is 16.6. The van der Waals surface area contributed by atoms with Gasteiger partial charge in [-0.3, -0.25) is 14.3 Å². The zero-order valence-corrected chi connectivity index (χ0v) is 21.3. The van der Waals surface area contributed by atoms with E-state index in [0.29, 0.717) is 85.8 Å². The quantitative estimate of drug-likeness (QED) is 0.0955. The number of rotatable bonds is 27. The molecule has 1 aromatic heterocycles. The van der Waals surface area contributed by atoms with Gasteiger partial charge in [0.1, 0.15) is 12.3 Å². The molecule has 210 valence electrons. The lowest BCUT2D eigenvalue weighted by Crippen LogP contribution is -2.31. The van der Waals surface area contributed by atoms with E-state index < -0.39 is 0 Å². The molecule has 1 amide bonds. The van der Waals surface area contributed by atoms with Crippen LogP contribution in [0.25, 0.3) is 0 Å². The van der Waals surface area contributed by atoms with Gasteiger partial charge in [-0.25, -0.2) is 5.90 Å². The van der Waals surface area contributed by atoms with E-state index in [1.54, 1.807) is 0 Å². The van der Waals surface area contributed by atoms with Crippen molar-refractivity contribution in [1.29, 1.82) is 0 Å². The van der Waals surface area contributed by atoms with Crippen molar-refractivity contribution in [3.05, 3.63) is 11.9 Å². The number of carbonyl (C=O) groups excluding carboxylic acids is 1. The monoisotopic (exact) mass is 520 g/mol.